The van der Waals surface area contributed by atoms with Crippen LogP contribution in [0.2, 0.25) is 0 Å². The first-order valence-corrected chi connectivity index (χ1v) is 3.57. The molecule has 0 aliphatic carbocycles. The average Bonchev–Trinajstić information content (AvgIpc) is 2.17. The van der Waals surface area contributed by atoms with E-state index >= 15 is 0 Å². The summed E-state index contributed by atoms with van der Waals surface area (Å²) in [5, 5.41) is 2.99. The second-order valence-electron chi connectivity index (χ2n) is 2.44. The molecule has 0 spiro atoms. The molecule has 60 valence electrons. The molecule has 1 aliphatic heterocycles. The highest BCUT2D eigenvalue weighted by atomic mass is 16.5. The SMILES string of the molecule is O=Cc1ccc2c(c1)OC=CN2. The topological polar surface area (TPSA) is 38.3 Å². The van der Waals surface area contributed by atoms with Crippen LogP contribution in [0.3, 0.4) is 0 Å². The quantitative estimate of drug-likeness (QED) is 0.638. The monoisotopic (exact) mass is 161 g/mol. The van der Waals surface area contributed by atoms with Gasteiger partial charge in [-0.3, -0.25) is 4.79 Å². The van der Waals surface area contributed by atoms with Crippen molar-refractivity contribution >= 4 is 12.0 Å². The zero-order chi connectivity index (χ0) is 8.39. The highest BCUT2D eigenvalue weighted by molar-refractivity contribution is 5.78. The van der Waals surface area contributed by atoms with Crippen LogP contribution < -0.4 is 10.1 Å². The molecule has 3 heteroatoms. The van der Waals surface area contributed by atoms with Crippen molar-refractivity contribution in [3.8, 4) is 5.75 Å². The van der Waals surface area contributed by atoms with Crippen LogP contribution in [0.15, 0.2) is 30.7 Å². The predicted molar refractivity (Wildman–Crippen MR) is 45.2 cm³/mol. The molecule has 0 bridgehead atoms. The minimum absolute atomic E-state index is 0.617. The lowest BCUT2D eigenvalue weighted by Gasteiger charge is -2.12. The van der Waals surface area contributed by atoms with E-state index < -0.39 is 0 Å². The molecule has 1 aliphatic rings. The average molecular weight is 161 g/mol. The van der Waals surface area contributed by atoms with Gasteiger partial charge in [-0.1, -0.05) is 0 Å². The van der Waals surface area contributed by atoms with E-state index in [1.807, 2.05) is 6.07 Å². The van der Waals surface area contributed by atoms with Gasteiger partial charge in [0.25, 0.3) is 0 Å². The molecule has 0 saturated heterocycles. The Kier molecular flexibility index (Phi) is 1.55. The fraction of sp³-hybridized carbons (Fsp3) is 0. The van der Waals surface area contributed by atoms with Gasteiger partial charge in [0.1, 0.15) is 12.5 Å². The van der Waals surface area contributed by atoms with Crippen molar-refractivity contribution in [3.63, 3.8) is 0 Å². The first-order chi connectivity index (χ1) is 5.90. The third-order valence-corrected chi connectivity index (χ3v) is 1.64. The van der Waals surface area contributed by atoms with Gasteiger partial charge in [0.2, 0.25) is 0 Å². The van der Waals surface area contributed by atoms with E-state index in [9.17, 15) is 4.79 Å². The normalized spacial score (nSPS) is 12.7. The summed E-state index contributed by atoms with van der Waals surface area (Å²) in [5.41, 5.74) is 1.49. The van der Waals surface area contributed by atoms with Crippen LogP contribution in [0.25, 0.3) is 0 Å². The van der Waals surface area contributed by atoms with Gasteiger partial charge in [0.05, 0.1) is 5.69 Å². The number of benzene rings is 1. The van der Waals surface area contributed by atoms with Crippen LogP contribution in [0, 0.1) is 0 Å². The molecule has 1 aromatic rings. The Balaban J connectivity index is 2.46. The van der Waals surface area contributed by atoms with Crippen molar-refractivity contribution < 1.29 is 9.53 Å². The van der Waals surface area contributed by atoms with Crippen LogP contribution in [-0.4, -0.2) is 6.29 Å². The first kappa shape index (κ1) is 6.91. The van der Waals surface area contributed by atoms with E-state index in [-0.39, 0.29) is 0 Å². The van der Waals surface area contributed by atoms with Crippen molar-refractivity contribution in [3.05, 3.63) is 36.2 Å². The van der Waals surface area contributed by atoms with Gasteiger partial charge in [-0.25, -0.2) is 0 Å². The third-order valence-electron chi connectivity index (χ3n) is 1.64. The Bertz CT molecular complexity index is 344. The number of rotatable bonds is 1. The highest BCUT2D eigenvalue weighted by Crippen LogP contribution is 2.27. The van der Waals surface area contributed by atoms with E-state index in [0.717, 1.165) is 12.0 Å². The summed E-state index contributed by atoms with van der Waals surface area (Å²) in [6, 6.07) is 5.24. The van der Waals surface area contributed by atoms with Crippen molar-refractivity contribution in [1.29, 1.82) is 0 Å². The molecule has 3 nitrogen and oxygen atoms in total. The van der Waals surface area contributed by atoms with Crippen LogP contribution >= 0.6 is 0 Å². The molecule has 0 aromatic heterocycles. The Morgan fingerprint density at radius 3 is 3.17 bits per heavy atom. The second-order valence-corrected chi connectivity index (χ2v) is 2.44. The fourth-order valence-corrected chi connectivity index (χ4v) is 1.06. The van der Waals surface area contributed by atoms with E-state index in [0.29, 0.717) is 11.3 Å². The molecule has 0 fully saturated rings. The number of carbonyl (C=O) groups excluding carboxylic acids is 1. The zero-order valence-corrected chi connectivity index (χ0v) is 6.28. The summed E-state index contributed by atoms with van der Waals surface area (Å²) in [7, 11) is 0. The number of fused-ring (bicyclic) bond motifs is 1. The van der Waals surface area contributed by atoms with Crippen molar-refractivity contribution in [2.75, 3.05) is 5.32 Å². The first-order valence-electron chi connectivity index (χ1n) is 3.57. The fourth-order valence-electron chi connectivity index (χ4n) is 1.06. The van der Waals surface area contributed by atoms with Crippen molar-refractivity contribution in [1.82, 2.24) is 0 Å². The molecule has 0 unspecified atom stereocenters. The lowest BCUT2D eigenvalue weighted by molar-refractivity contribution is 0.112. The molecule has 12 heavy (non-hydrogen) atoms. The Hall–Kier alpha value is -1.77. The molecule has 1 N–H and O–H groups in total. The predicted octanol–water partition coefficient (Wildman–Crippen LogP) is 1.77. The number of hydrogen-bond acceptors (Lipinski definition) is 3. The summed E-state index contributed by atoms with van der Waals surface area (Å²) in [4.78, 5) is 10.4. The van der Waals surface area contributed by atoms with Crippen LogP contribution in [-0.2, 0) is 0 Å². The number of ether oxygens (including phenoxy) is 1. The second kappa shape index (κ2) is 2.70. The molecule has 0 atom stereocenters. The van der Waals surface area contributed by atoms with E-state index in [1.54, 1.807) is 18.3 Å². The van der Waals surface area contributed by atoms with Crippen LogP contribution in [0.1, 0.15) is 10.4 Å². The van der Waals surface area contributed by atoms with Crippen LogP contribution in [0.5, 0.6) is 5.75 Å². The van der Waals surface area contributed by atoms with E-state index in [1.165, 1.54) is 6.26 Å². The van der Waals surface area contributed by atoms with Gasteiger partial charge in [0.15, 0.2) is 5.75 Å². The van der Waals surface area contributed by atoms with Gasteiger partial charge in [-0.05, 0) is 18.2 Å². The zero-order valence-electron chi connectivity index (χ0n) is 6.28. The van der Waals surface area contributed by atoms with Gasteiger partial charge in [-0.2, -0.15) is 0 Å². The minimum atomic E-state index is 0.617. The standard InChI is InChI=1S/C9H7NO2/c11-6-7-1-2-8-9(5-7)12-4-3-10-8/h1-6,10H. The molecule has 0 saturated carbocycles. The van der Waals surface area contributed by atoms with Gasteiger partial charge >= 0.3 is 0 Å². The molecule has 1 heterocycles. The summed E-state index contributed by atoms with van der Waals surface area (Å²) < 4.78 is 5.16. The molecular weight excluding hydrogens is 154 g/mol. The van der Waals surface area contributed by atoms with Crippen molar-refractivity contribution in [2.24, 2.45) is 0 Å². The maximum Gasteiger partial charge on any atom is 0.150 e. The smallest absolute Gasteiger partial charge is 0.150 e. The number of nitrogens with one attached hydrogen (secondary N) is 1. The lowest BCUT2D eigenvalue weighted by atomic mass is 10.2. The van der Waals surface area contributed by atoms with Gasteiger partial charge < -0.3 is 10.1 Å². The Morgan fingerprint density at radius 2 is 2.33 bits per heavy atom. The molecular formula is C9H7NO2. The number of anilines is 1. The maximum absolute atomic E-state index is 10.4. The molecule has 2 rings (SSSR count). The largest absolute Gasteiger partial charge is 0.461 e. The number of hydrogen-bond donors (Lipinski definition) is 1. The lowest BCUT2D eigenvalue weighted by Crippen LogP contribution is -1.99. The Labute approximate surface area is 69.7 Å². The number of aldehydes is 1. The summed E-state index contributed by atoms with van der Waals surface area (Å²) in [6.07, 6.45) is 4.03. The Morgan fingerprint density at radius 1 is 1.42 bits per heavy atom. The third kappa shape index (κ3) is 1.05. The molecule has 1 aromatic carbocycles. The van der Waals surface area contributed by atoms with E-state index in [4.69, 9.17) is 4.74 Å². The van der Waals surface area contributed by atoms with Gasteiger partial charge in [-0.15, -0.1) is 0 Å². The van der Waals surface area contributed by atoms with Crippen LogP contribution in [0.4, 0.5) is 5.69 Å². The minimum Gasteiger partial charge on any atom is -0.461 e. The molecule has 0 amide bonds. The van der Waals surface area contributed by atoms with Gasteiger partial charge in [0, 0.05) is 11.8 Å². The molecule has 0 radical (unpaired) electrons. The van der Waals surface area contributed by atoms with Crippen molar-refractivity contribution in [2.45, 2.75) is 0 Å². The summed E-state index contributed by atoms with van der Waals surface area (Å²) in [6.45, 7) is 0. The maximum atomic E-state index is 10.4. The number of carbonyl (C=O) groups is 1. The highest BCUT2D eigenvalue weighted by Gasteiger charge is 2.05. The summed E-state index contributed by atoms with van der Waals surface area (Å²) in [5.74, 6) is 0.683. The summed E-state index contributed by atoms with van der Waals surface area (Å²) >= 11 is 0. The van der Waals surface area contributed by atoms with E-state index in [2.05, 4.69) is 5.32 Å².